The Balaban J connectivity index is 1.85. The van der Waals surface area contributed by atoms with Gasteiger partial charge in [-0.15, -0.1) is 0 Å². The number of nitrogens with one attached hydrogen (secondary N) is 3. The Hall–Kier alpha value is -1.27. The molecule has 0 aliphatic carbocycles. The average Bonchev–Trinajstić information content (AvgIpc) is 2.53. The molecule has 2 fully saturated rings. The van der Waals surface area contributed by atoms with Crippen LogP contribution in [0, 0.1) is 0 Å². The molecule has 2 atom stereocenters. The van der Waals surface area contributed by atoms with Gasteiger partial charge in [0, 0.05) is 12.6 Å². The Morgan fingerprint density at radius 3 is 2.52 bits per heavy atom. The molecule has 0 radical (unpaired) electrons. The predicted molar refractivity (Wildman–Crippen MR) is 79.4 cm³/mol. The Morgan fingerprint density at radius 1 is 1.22 bits per heavy atom. The lowest BCUT2D eigenvalue weighted by Gasteiger charge is -2.37. The summed E-state index contributed by atoms with van der Waals surface area (Å²) in [6.45, 7) is 1.82. The fraction of sp³-hybridized carbons (Fsp3) is 0.833. The Bertz CT molecular complexity index is 522. The normalized spacial score (nSPS) is 26.7. The molecule has 2 aliphatic heterocycles. The van der Waals surface area contributed by atoms with Gasteiger partial charge in [-0.25, -0.2) is 0 Å². The van der Waals surface area contributed by atoms with Crippen LogP contribution in [-0.4, -0.2) is 67.9 Å². The highest BCUT2D eigenvalue weighted by molar-refractivity contribution is 7.80. The van der Waals surface area contributed by atoms with E-state index in [4.69, 9.17) is 4.55 Å². The van der Waals surface area contributed by atoms with Gasteiger partial charge < -0.3 is 15.5 Å². The number of piperidine rings is 2. The monoisotopic (exact) mass is 350 g/mol. The highest BCUT2D eigenvalue weighted by Gasteiger charge is 2.33. The van der Waals surface area contributed by atoms with E-state index in [1.807, 2.05) is 0 Å². The number of amides is 2. The third-order valence-electron chi connectivity index (χ3n) is 4.06. The van der Waals surface area contributed by atoms with Crippen LogP contribution in [0.15, 0.2) is 0 Å². The summed E-state index contributed by atoms with van der Waals surface area (Å²) >= 11 is 0. The van der Waals surface area contributed by atoms with Crippen molar-refractivity contribution in [3.63, 3.8) is 0 Å². The Morgan fingerprint density at radius 2 is 1.91 bits per heavy atom. The molecule has 0 aromatic carbocycles. The minimum Gasteiger partial charge on any atom is -0.351 e. The lowest BCUT2D eigenvalue weighted by molar-refractivity contribution is -0.136. The van der Waals surface area contributed by atoms with Gasteiger partial charge in [-0.1, -0.05) is 0 Å². The maximum absolute atomic E-state index is 12.3. The summed E-state index contributed by atoms with van der Waals surface area (Å²) in [5, 5.41) is 6.17. The molecule has 2 saturated heterocycles. The maximum atomic E-state index is 12.3. The van der Waals surface area contributed by atoms with Gasteiger partial charge in [0.1, 0.15) is 6.04 Å². The second-order valence-electron chi connectivity index (χ2n) is 5.75. The second kappa shape index (κ2) is 8.02. The lowest BCUT2D eigenvalue weighted by Crippen LogP contribution is -2.57. The number of likely N-dealkylation sites (tertiary alicyclic amines) is 1. The van der Waals surface area contributed by atoms with Crippen LogP contribution in [0.1, 0.15) is 25.7 Å². The van der Waals surface area contributed by atoms with Crippen molar-refractivity contribution in [2.45, 2.75) is 43.8 Å². The number of carbonyl (C=O) groups excluding carboxylic acids is 2. The van der Waals surface area contributed by atoms with Gasteiger partial charge in [0.05, 0.1) is 6.04 Å². The summed E-state index contributed by atoms with van der Waals surface area (Å²) < 4.78 is 33.7. The van der Waals surface area contributed by atoms with Gasteiger partial charge >= 0.3 is 10.4 Å². The van der Waals surface area contributed by atoms with Crippen molar-refractivity contribution in [1.82, 2.24) is 21.0 Å². The van der Waals surface area contributed by atoms with Gasteiger partial charge in [-0.05, 0) is 38.8 Å². The van der Waals surface area contributed by atoms with E-state index < -0.39 is 22.5 Å². The van der Waals surface area contributed by atoms with Crippen molar-refractivity contribution >= 4 is 22.7 Å². The largest absolute Gasteiger partial charge is 0.413 e. The predicted octanol–water partition coefficient (Wildman–Crippen LogP) is -1.83. The summed E-state index contributed by atoms with van der Waals surface area (Å²) in [5.41, 5.74) is 2.19. The number of carbonyl (C=O) groups is 2. The van der Waals surface area contributed by atoms with Gasteiger partial charge in [0.2, 0.25) is 12.3 Å². The third kappa shape index (κ3) is 5.70. The van der Waals surface area contributed by atoms with Crippen LogP contribution < -0.4 is 16.1 Å². The lowest BCUT2D eigenvalue weighted by atomic mass is 9.97. The molecule has 2 amide bonds. The topological polar surface area (TPSA) is 137 Å². The molecule has 23 heavy (non-hydrogen) atoms. The molecule has 11 heteroatoms. The van der Waals surface area contributed by atoms with E-state index in [-0.39, 0.29) is 18.5 Å². The fourth-order valence-corrected chi connectivity index (χ4v) is 3.14. The zero-order chi connectivity index (χ0) is 16.9. The molecule has 0 spiro atoms. The summed E-state index contributed by atoms with van der Waals surface area (Å²) in [4.78, 5) is 24.9. The maximum Gasteiger partial charge on any atom is 0.413 e. The first-order valence-electron chi connectivity index (χ1n) is 7.52. The second-order valence-corrected chi connectivity index (χ2v) is 6.78. The molecule has 0 saturated carbocycles. The zero-order valence-electron chi connectivity index (χ0n) is 12.6. The summed E-state index contributed by atoms with van der Waals surface area (Å²) in [6.07, 6.45) is 3.08. The van der Waals surface area contributed by atoms with Gasteiger partial charge in [-0.2, -0.15) is 18.2 Å². The first-order chi connectivity index (χ1) is 10.9. The van der Waals surface area contributed by atoms with Gasteiger partial charge in [0.15, 0.2) is 0 Å². The Kier molecular flexibility index (Phi) is 6.30. The molecule has 0 aromatic heterocycles. The smallest absolute Gasteiger partial charge is 0.351 e. The molecule has 4 N–H and O–H groups in total. The minimum atomic E-state index is -4.60. The first-order valence-corrected chi connectivity index (χ1v) is 8.89. The van der Waals surface area contributed by atoms with Crippen LogP contribution in [0.4, 0.5) is 0 Å². The molecule has 2 unspecified atom stereocenters. The highest BCUT2D eigenvalue weighted by atomic mass is 32.3. The number of rotatable bonds is 6. The zero-order valence-corrected chi connectivity index (χ0v) is 13.4. The van der Waals surface area contributed by atoms with Gasteiger partial charge in [-0.3, -0.25) is 14.1 Å². The standard InChI is InChI=1S/C12H22N4O6S/c17-8-16-7-10(15-22-23(19,20)21)1-2-11(16)12(18)14-9-3-5-13-6-4-9/h8-11,13,15H,1-7H2,(H,14,18)(H,19,20,21). The first kappa shape index (κ1) is 18.1. The molecule has 2 heterocycles. The molecule has 2 aliphatic rings. The van der Waals surface area contributed by atoms with Crippen molar-refractivity contribution in [2.24, 2.45) is 0 Å². The van der Waals surface area contributed by atoms with E-state index in [0.717, 1.165) is 25.9 Å². The van der Waals surface area contributed by atoms with Crippen LogP contribution >= 0.6 is 0 Å². The molecule has 0 aromatic rings. The van der Waals surface area contributed by atoms with E-state index in [1.165, 1.54) is 4.90 Å². The van der Waals surface area contributed by atoms with Gasteiger partial charge in [0.25, 0.3) is 0 Å². The summed E-state index contributed by atoms with van der Waals surface area (Å²) in [5.74, 6) is -0.196. The molecule has 0 bridgehead atoms. The van der Waals surface area contributed by atoms with E-state index in [2.05, 4.69) is 20.4 Å². The van der Waals surface area contributed by atoms with Crippen molar-refractivity contribution in [3.8, 4) is 0 Å². The SMILES string of the molecule is O=CN1CC(NOS(=O)(=O)O)CCC1C(=O)NC1CCNCC1. The van der Waals surface area contributed by atoms with Crippen molar-refractivity contribution in [2.75, 3.05) is 19.6 Å². The number of nitrogens with zero attached hydrogens (tertiary/aromatic N) is 1. The van der Waals surface area contributed by atoms with Crippen molar-refractivity contribution in [1.29, 1.82) is 0 Å². The fourth-order valence-electron chi connectivity index (χ4n) is 2.88. The molecule has 2 rings (SSSR count). The average molecular weight is 350 g/mol. The van der Waals surface area contributed by atoms with Crippen LogP contribution in [0.5, 0.6) is 0 Å². The van der Waals surface area contributed by atoms with E-state index >= 15 is 0 Å². The molecular weight excluding hydrogens is 328 g/mol. The summed E-state index contributed by atoms with van der Waals surface area (Å²) in [6, 6.07) is -0.952. The molecule has 10 nitrogen and oxygen atoms in total. The van der Waals surface area contributed by atoms with Crippen molar-refractivity contribution < 1.29 is 26.8 Å². The van der Waals surface area contributed by atoms with Crippen LogP contribution in [-0.2, 0) is 24.3 Å². The van der Waals surface area contributed by atoms with Crippen LogP contribution in [0.3, 0.4) is 0 Å². The molecular formula is C12H22N4O6S. The van der Waals surface area contributed by atoms with E-state index in [9.17, 15) is 18.0 Å². The minimum absolute atomic E-state index is 0.107. The molecule has 132 valence electrons. The summed E-state index contributed by atoms with van der Waals surface area (Å²) in [7, 11) is -4.60. The van der Waals surface area contributed by atoms with Crippen LogP contribution in [0.25, 0.3) is 0 Å². The third-order valence-corrected chi connectivity index (χ3v) is 4.37. The Labute approximate surface area is 134 Å². The number of hydrogen-bond acceptors (Lipinski definition) is 7. The van der Waals surface area contributed by atoms with Crippen LogP contribution in [0.2, 0.25) is 0 Å². The number of hydroxylamine groups is 1. The number of hydrogen-bond donors (Lipinski definition) is 4. The highest BCUT2D eigenvalue weighted by Crippen LogP contribution is 2.17. The quantitative estimate of drug-likeness (QED) is 0.249. The van der Waals surface area contributed by atoms with E-state index in [1.54, 1.807) is 0 Å². The van der Waals surface area contributed by atoms with Crippen molar-refractivity contribution in [3.05, 3.63) is 0 Å². The van der Waals surface area contributed by atoms with E-state index in [0.29, 0.717) is 19.3 Å².